The Balaban J connectivity index is 1.47. The monoisotopic (exact) mass is 489 g/mol. The minimum atomic E-state index is -0.223. The number of thioether (sulfide) groups is 1. The third-order valence-electron chi connectivity index (χ3n) is 5.31. The van der Waals surface area contributed by atoms with E-state index in [2.05, 4.69) is 15.5 Å². The average Bonchev–Trinajstić information content (AvgIpc) is 3.54. The van der Waals surface area contributed by atoms with Crippen molar-refractivity contribution in [1.29, 1.82) is 0 Å². The predicted octanol–water partition coefficient (Wildman–Crippen LogP) is 4.81. The van der Waals surface area contributed by atoms with Gasteiger partial charge in [0, 0.05) is 17.9 Å². The lowest BCUT2D eigenvalue weighted by atomic mass is 10.2. The number of anilines is 1. The summed E-state index contributed by atoms with van der Waals surface area (Å²) in [6.45, 7) is 4.39. The summed E-state index contributed by atoms with van der Waals surface area (Å²) in [5.41, 5.74) is 2.58. The normalized spacial score (nSPS) is 10.8. The van der Waals surface area contributed by atoms with Crippen LogP contribution in [0.15, 0.2) is 82.6 Å². The highest BCUT2D eigenvalue weighted by Crippen LogP contribution is 2.28. The van der Waals surface area contributed by atoms with Gasteiger partial charge in [-0.3, -0.25) is 14.2 Å². The Morgan fingerprint density at radius 2 is 1.80 bits per heavy atom. The zero-order chi connectivity index (χ0) is 24.6. The van der Waals surface area contributed by atoms with Crippen LogP contribution in [0.25, 0.3) is 17.3 Å². The summed E-state index contributed by atoms with van der Waals surface area (Å²) in [5.74, 6) is 0.901. The van der Waals surface area contributed by atoms with E-state index in [0.717, 1.165) is 23.4 Å². The standard InChI is InChI=1S/C26H27N5O3S/c1-3-15-30(17-23(32)27-21-13-8-7-10-19(21)2)24(33)18-35-26-29-28-25(22-14-9-16-34-22)31(26)20-11-5-4-6-12-20/h4-14,16H,3,15,17-18H2,1-2H3,(H,27,32). The van der Waals surface area contributed by atoms with Crippen LogP contribution >= 0.6 is 11.8 Å². The van der Waals surface area contributed by atoms with Crippen molar-refractivity contribution < 1.29 is 14.0 Å². The Hall–Kier alpha value is -3.85. The number of carbonyl (C=O) groups excluding carboxylic acids is 2. The molecule has 0 unspecified atom stereocenters. The van der Waals surface area contributed by atoms with Crippen LogP contribution in [0, 0.1) is 6.92 Å². The molecule has 0 aliphatic carbocycles. The van der Waals surface area contributed by atoms with E-state index in [-0.39, 0.29) is 24.1 Å². The first-order valence-electron chi connectivity index (χ1n) is 11.4. The lowest BCUT2D eigenvalue weighted by Gasteiger charge is -2.21. The molecule has 9 heteroatoms. The second kappa shape index (κ2) is 11.5. The van der Waals surface area contributed by atoms with Crippen molar-refractivity contribution in [1.82, 2.24) is 19.7 Å². The Morgan fingerprint density at radius 1 is 1.03 bits per heavy atom. The van der Waals surface area contributed by atoms with E-state index >= 15 is 0 Å². The number of para-hydroxylation sites is 2. The number of nitrogens with one attached hydrogen (secondary N) is 1. The third-order valence-corrected chi connectivity index (χ3v) is 6.23. The van der Waals surface area contributed by atoms with Crippen LogP contribution in [-0.4, -0.2) is 50.3 Å². The molecule has 0 bridgehead atoms. The Morgan fingerprint density at radius 3 is 2.51 bits per heavy atom. The summed E-state index contributed by atoms with van der Waals surface area (Å²) in [6, 6.07) is 20.9. The molecule has 1 N–H and O–H groups in total. The summed E-state index contributed by atoms with van der Waals surface area (Å²) in [7, 11) is 0. The summed E-state index contributed by atoms with van der Waals surface area (Å²) in [5, 5.41) is 12.1. The molecule has 0 atom stereocenters. The van der Waals surface area contributed by atoms with Gasteiger partial charge in [-0.2, -0.15) is 0 Å². The SMILES string of the molecule is CCCN(CC(=O)Nc1ccccc1C)C(=O)CSc1nnc(-c2ccco2)n1-c1ccccc1. The average molecular weight is 490 g/mol. The fraction of sp³-hybridized carbons (Fsp3) is 0.231. The molecule has 2 heterocycles. The number of hydrogen-bond donors (Lipinski definition) is 1. The zero-order valence-corrected chi connectivity index (χ0v) is 20.5. The minimum Gasteiger partial charge on any atom is -0.461 e. The maximum atomic E-state index is 13.1. The van der Waals surface area contributed by atoms with Gasteiger partial charge in [0.15, 0.2) is 10.9 Å². The molecule has 0 saturated carbocycles. The zero-order valence-electron chi connectivity index (χ0n) is 19.7. The van der Waals surface area contributed by atoms with Crippen LogP contribution in [0.4, 0.5) is 5.69 Å². The van der Waals surface area contributed by atoms with Crippen molar-refractivity contribution in [3.8, 4) is 17.3 Å². The second-order valence-electron chi connectivity index (χ2n) is 7.92. The molecule has 180 valence electrons. The van der Waals surface area contributed by atoms with Gasteiger partial charge >= 0.3 is 0 Å². The molecule has 4 aromatic rings. The summed E-state index contributed by atoms with van der Waals surface area (Å²) >= 11 is 1.28. The fourth-order valence-electron chi connectivity index (χ4n) is 3.59. The first kappa shape index (κ1) is 24.3. The number of aryl methyl sites for hydroxylation is 1. The molecule has 2 amide bonds. The molecule has 0 spiro atoms. The Kier molecular flexibility index (Phi) is 7.99. The van der Waals surface area contributed by atoms with E-state index < -0.39 is 0 Å². The summed E-state index contributed by atoms with van der Waals surface area (Å²) in [4.78, 5) is 27.3. The molecule has 0 fully saturated rings. The maximum absolute atomic E-state index is 13.1. The van der Waals surface area contributed by atoms with Crippen LogP contribution in [0.3, 0.4) is 0 Å². The van der Waals surface area contributed by atoms with Crippen molar-refractivity contribution in [3.05, 3.63) is 78.6 Å². The van der Waals surface area contributed by atoms with Crippen molar-refractivity contribution in [2.45, 2.75) is 25.4 Å². The minimum absolute atomic E-state index is 0.00934. The molecule has 2 aromatic carbocycles. The summed E-state index contributed by atoms with van der Waals surface area (Å²) in [6.07, 6.45) is 2.33. The number of aromatic nitrogens is 3. The second-order valence-corrected chi connectivity index (χ2v) is 8.86. The summed E-state index contributed by atoms with van der Waals surface area (Å²) < 4.78 is 7.41. The highest BCUT2D eigenvalue weighted by Gasteiger charge is 2.21. The molecule has 0 saturated heterocycles. The molecular formula is C26H27N5O3S. The van der Waals surface area contributed by atoms with E-state index in [4.69, 9.17) is 4.42 Å². The number of hydrogen-bond acceptors (Lipinski definition) is 6. The number of nitrogens with zero attached hydrogens (tertiary/aromatic N) is 4. The number of amides is 2. The van der Waals surface area contributed by atoms with Crippen LogP contribution < -0.4 is 5.32 Å². The molecule has 0 radical (unpaired) electrons. The van der Waals surface area contributed by atoms with Crippen molar-refractivity contribution >= 4 is 29.3 Å². The smallest absolute Gasteiger partial charge is 0.244 e. The fourth-order valence-corrected chi connectivity index (χ4v) is 4.45. The lowest BCUT2D eigenvalue weighted by Crippen LogP contribution is -2.39. The van der Waals surface area contributed by atoms with E-state index in [9.17, 15) is 9.59 Å². The van der Waals surface area contributed by atoms with Crippen molar-refractivity contribution in [3.63, 3.8) is 0 Å². The third kappa shape index (κ3) is 5.99. The molecule has 0 aliphatic rings. The van der Waals surface area contributed by atoms with Crippen LogP contribution in [0.1, 0.15) is 18.9 Å². The van der Waals surface area contributed by atoms with Crippen LogP contribution in [0.5, 0.6) is 0 Å². The first-order chi connectivity index (χ1) is 17.1. The highest BCUT2D eigenvalue weighted by molar-refractivity contribution is 7.99. The van der Waals surface area contributed by atoms with E-state index in [1.807, 2.05) is 79.1 Å². The number of furan rings is 1. The molecule has 0 aliphatic heterocycles. The quantitative estimate of drug-likeness (QED) is 0.322. The van der Waals surface area contributed by atoms with Gasteiger partial charge in [0.2, 0.25) is 17.6 Å². The van der Waals surface area contributed by atoms with Gasteiger partial charge in [-0.1, -0.05) is 55.1 Å². The number of benzene rings is 2. The van der Waals surface area contributed by atoms with Crippen molar-refractivity contribution in [2.24, 2.45) is 0 Å². The van der Waals surface area contributed by atoms with Gasteiger partial charge in [0.25, 0.3) is 0 Å². The number of rotatable bonds is 10. The van der Waals surface area contributed by atoms with E-state index in [1.54, 1.807) is 17.2 Å². The predicted molar refractivity (Wildman–Crippen MR) is 136 cm³/mol. The molecule has 35 heavy (non-hydrogen) atoms. The van der Waals surface area contributed by atoms with Gasteiger partial charge in [0.05, 0.1) is 18.6 Å². The molecular weight excluding hydrogens is 462 g/mol. The number of carbonyl (C=O) groups is 2. The molecule has 4 rings (SSSR count). The van der Waals surface area contributed by atoms with E-state index in [0.29, 0.717) is 23.3 Å². The van der Waals surface area contributed by atoms with E-state index in [1.165, 1.54) is 11.8 Å². The molecule has 8 nitrogen and oxygen atoms in total. The van der Waals surface area contributed by atoms with Crippen LogP contribution in [0.2, 0.25) is 0 Å². The van der Waals surface area contributed by atoms with Gasteiger partial charge in [0.1, 0.15) is 0 Å². The lowest BCUT2D eigenvalue weighted by molar-refractivity contribution is -0.132. The van der Waals surface area contributed by atoms with Crippen molar-refractivity contribution in [2.75, 3.05) is 24.2 Å². The first-order valence-corrected chi connectivity index (χ1v) is 12.4. The van der Waals surface area contributed by atoms with Gasteiger partial charge < -0.3 is 14.6 Å². The van der Waals surface area contributed by atoms with Gasteiger partial charge in [-0.05, 0) is 49.2 Å². The molecule has 2 aromatic heterocycles. The topological polar surface area (TPSA) is 93.3 Å². The Bertz CT molecular complexity index is 1270. The maximum Gasteiger partial charge on any atom is 0.244 e. The highest BCUT2D eigenvalue weighted by atomic mass is 32.2. The largest absolute Gasteiger partial charge is 0.461 e. The van der Waals surface area contributed by atoms with Crippen LogP contribution in [-0.2, 0) is 9.59 Å². The van der Waals surface area contributed by atoms with Gasteiger partial charge in [-0.15, -0.1) is 10.2 Å². The Labute approximate surface area is 208 Å². The van der Waals surface area contributed by atoms with Gasteiger partial charge in [-0.25, -0.2) is 0 Å².